The number of ketones is 1. The molecule has 1 N–H and O–H groups in total. The summed E-state index contributed by atoms with van der Waals surface area (Å²) in [6.45, 7) is 9.05. The van der Waals surface area contributed by atoms with E-state index in [1.165, 1.54) is 11.3 Å². The van der Waals surface area contributed by atoms with Gasteiger partial charge in [-0.3, -0.25) is 9.59 Å². The van der Waals surface area contributed by atoms with Gasteiger partial charge in [0.05, 0.1) is 22.2 Å². The minimum atomic E-state index is -0.720. The van der Waals surface area contributed by atoms with E-state index < -0.39 is 17.7 Å². The van der Waals surface area contributed by atoms with Gasteiger partial charge in [-0.25, -0.2) is 4.98 Å². The maximum absolute atomic E-state index is 13.9. The fraction of sp³-hybridized carbons (Fsp3) is 0.321. The van der Waals surface area contributed by atoms with E-state index in [-0.39, 0.29) is 11.4 Å². The molecule has 0 spiro atoms. The number of aromatic nitrogens is 1. The van der Waals surface area contributed by atoms with Gasteiger partial charge >= 0.3 is 0 Å². The van der Waals surface area contributed by atoms with Crippen LogP contribution in [0.5, 0.6) is 0 Å². The van der Waals surface area contributed by atoms with Crippen molar-refractivity contribution in [3.63, 3.8) is 0 Å². The number of nitrogens with zero attached hydrogens (tertiary/aromatic N) is 3. The van der Waals surface area contributed by atoms with Crippen molar-refractivity contribution in [1.29, 1.82) is 0 Å². The molecule has 1 aliphatic rings. The first-order chi connectivity index (χ1) is 17.3. The summed E-state index contributed by atoms with van der Waals surface area (Å²) in [6.07, 6.45) is 0.719. The molecule has 1 aliphatic heterocycles. The maximum atomic E-state index is 13.9. The number of Topliss-reactive ketones (excluding diaryl/α,β-unsaturated/α-hetero) is 1. The number of thiazole rings is 1. The highest BCUT2D eigenvalue weighted by atomic mass is 35.5. The average Bonchev–Trinajstić information content (AvgIpc) is 3.39. The highest BCUT2D eigenvalue weighted by Crippen LogP contribution is 2.41. The molecule has 1 amide bonds. The minimum absolute atomic E-state index is 0.0801. The SMILES string of the molecule is CCN(CC)CCCN1C(=O)C(O)=C(C(=O)c2sc(-c3ccccc3)nc2C)C1c1cccc(Cl)c1. The van der Waals surface area contributed by atoms with E-state index in [0.29, 0.717) is 27.7 Å². The molecule has 4 rings (SSSR count). The fourth-order valence-electron chi connectivity index (χ4n) is 4.58. The van der Waals surface area contributed by atoms with Crippen LogP contribution in [0.15, 0.2) is 65.9 Å². The third kappa shape index (κ3) is 5.24. The van der Waals surface area contributed by atoms with Gasteiger partial charge in [0, 0.05) is 17.1 Å². The molecule has 6 nitrogen and oxygen atoms in total. The molecular weight excluding hydrogens is 494 g/mol. The van der Waals surface area contributed by atoms with E-state index in [1.807, 2.05) is 36.4 Å². The van der Waals surface area contributed by atoms with Crippen LogP contribution >= 0.6 is 22.9 Å². The number of rotatable bonds is 10. The molecule has 2 heterocycles. The lowest BCUT2D eigenvalue weighted by atomic mass is 9.95. The van der Waals surface area contributed by atoms with Crippen LogP contribution in [0, 0.1) is 6.92 Å². The molecule has 0 bridgehead atoms. The largest absolute Gasteiger partial charge is 0.503 e. The van der Waals surface area contributed by atoms with E-state index in [9.17, 15) is 14.7 Å². The van der Waals surface area contributed by atoms with Crippen LogP contribution in [-0.2, 0) is 4.79 Å². The predicted molar refractivity (Wildman–Crippen MR) is 145 cm³/mol. The highest BCUT2D eigenvalue weighted by Gasteiger charge is 2.44. The molecule has 1 unspecified atom stereocenters. The summed E-state index contributed by atoms with van der Waals surface area (Å²) in [7, 11) is 0. The highest BCUT2D eigenvalue weighted by molar-refractivity contribution is 7.17. The normalized spacial score (nSPS) is 15.9. The molecule has 188 valence electrons. The fourth-order valence-corrected chi connectivity index (χ4v) is 5.80. The molecule has 0 saturated heterocycles. The number of carbonyl (C=O) groups is 2. The Morgan fingerprint density at radius 3 is 2.53 bits per heavy atom. The summed E-state index contributed by atoms with van der Waals surface area (Å²) in [5.74, 6) is -1.41. The molecule has 8 heteroatoms. The predicted octanol–water partition coefficient (Wildman–Crippen LogP) is 6.08. The third-order valence-electron chi connectivity index (χ3n) is 6.50. The molecular formula is C28H30ClN3O3S. The summed E-state index contributed by atoms with van der Waals surface area (Å²) >= 11 is 7.56. The quantitative estimate of drug-likeness (QED) is 0.326. The standard InChI is InChI=1S/C28H30ClN3O3S/c1-4-31(5-2)15-10-16-32-23(20-13-9-14-21(29)17-20)22(25(34)28(32)35)24(33)26-18(3)30-27(36-26)19-11-7-6-8-12-19/h6-9,11-14,17,23,34H,4-5,10,15-16H2,1-3H3. The van der Waals surface area contributed by atoms with E-state index in [2.05, 4.69) is 23.7 Å². The van der Waals surface area contributed by atoms with Crippen LogP contribution < -0.4 is 0 Å². The second kappa shape index (κ2) is 11.4. The van der Waals surface area contributed by atoms with E-state index in [0.717, 1.165) is 36.6 Å². The van der Waals surface area contributed by atoms with Crippen LogP contribution in [0.25, 0.3) is 10.6 Å². The first-order valence-electron chi connectivity index (χ1n) is 12.1. The summed E-state index contributed by atoms with van der Waals surface area (Å²) in [6, 6.07) is 16.0. The Balaban J connectivity index is 1.70. The smallest absolute Gasteiger partial charge is 0.290 e. The molecule has 0 aliphatic carbocycles. The Labute approximate surface area is 220 Å². The Kier molecular flexibility index (Phi) is 8.24. The second-order valence-electron chi connectivity index (χ2n) is 8.73. The van der Waals surface area contributed by atoms with Gasteiger partial charge in [-0.2, -0.15) is 0 Å². The van der Waals surface area contributed by atoms with Crippen molar-refractivity contribution >= 4 is 34.6 Å². The number of aliphatic hydroxyl groups is 1. The molecule has 0 radical (unpaired) electrons. The number of aliphatic hydroxyl groups excluding tert-OH is 1. The molecule has 0 fully saturated rings. The number of carbonyl (C=O) groups excluding carboxylic acids is 2. The van der Waals surface area contributed by atoms with Crippen LogP contribution in [0.1, 0.15) is 47.2 Å². The number of hydrogen-bond donors (Lipinski definition) is 1. The lowest BCUT2D eigenvalue weighted by molar-refractivity contribution is -0.129. The van der Waals surface area contributed by atoms with Crippen LogP contribution in [0.4, 0.5) is 0 Å². The Bertz CT molecular complexity index is 1280. The molecule has 1 aromatic heterocycles. The van der Waals surface area contributed by atoms with Gasteiger partial charge < -0.3 is 14.9 Å². The van der Waals surface area contributed by atoms with Crippen LogP contribution in [-0.4, -0.2) is 57.8 Å². The monoisotopic (exact) mass is 523 g/mol. The van der Waals surface area contributed by atoms with Gasteiger partial charge in [0.1, 0.15) is 5.01 Å². The number of hydrogen-bond acceptors (Lipinski definition) is 6. The van der Waals surface area contributed by atoms with Crippen molar-refractivity contribution in [1.82, 2.24) is 14.8 Å². The zero-order chi connectivity index (χ0) is 25.8. The first-order valence-corrected chi connectivity index (χ1v) is 13.3. The minimum Gasteiger partial charge on any atom is -0.503 e. The first kappa shape index (κ1) is 26.1. The summed E-state index contributed by atoms with van der Waals surface area (Å²) < 4.78 is 0. The lowest BCUT2D eigenvalue weighted by Crippen LogP contribution is -2.34. The average molecular weight is 524 g/mol. The van der Waals surface area contributed by atoms with Gasteiger partial charge in [-0.15, -0.1) is 11.3 Å². The van der Waals surface area contributed by atoms with Crippen LogP contribution in [0.3, 0.4) is 0 Å². The molecule has 1 atom stereocenters. The van der Waals surface area contributed by atoms with E-state index in [1.54, 1.807) is 30.0 Å². The molecule has 0 saturated carbocycles. The summed E-state index contributed by atoms with van der Waals surface area (Å²) in [5, 5.41) is 12.2. The topological polar surface area (TPSA) is 73.7 Å². The van der Waals surface area contributed by atoms with E-state index in [4.69, 9.17) is 11.6 Å². The van der Waals surface area contributed by atoms with E-state index >= 15 is 0 Å². The lowest BCUT2D eigenvalue weighted by Gasteiger charge is -2.28. The van der Waals surface area contributed by atoms with Gasteiger partial charge in [-0.1, -0.05) is 67.9 Å². The zero-order valence-electron chi connectivity index (χ0n) is 20.7. The molecule has 2 aromatic carbocycles. The maximum Gasteiger partial charge on any atom is 0.290 e. The Morgan fingerprint density at radius 2 is 1.86 bits per heavy atom. The number of halogens is 1. The van der Waals surface area contributed by atoms with Crippen molar-refractivity contribution < 1.29 is 14.7 Å². The third-order valence-corrected chi connectivity index (χ3v) is 7.94. The second-order valence-corrected chi connectivity index (χ2v) is 10.2. The van der Waals surface area contributed by atoms with Gasteiger partial charge in [0.25, 0.3) is 5.91 Å². The van der Waals surface area contributed by atoms with Crippen molar-refractivity contribution in [3.05, 3.63) is 87.1 Å². The van der Waals surface area contributed by atoms with Gasteiger partial charge in [-0.05, 0) is 50.7 Å². The zero-order valence-corrected chi connectivity index (χ0v) is 22.3. The van der Waals surface area contributed by atoms with Crippen molar-refractivity contribution in [3.8, 4) is 10.6 Å². The van der Waals surface area contributed by atoms with Crippen molar-refractivity contribution in [2.75, 3.05) is 26.2 Å². The number of benzene rings is 2. The molecule has 3 aromatic rings. The van der Waals surface area contributed by atoms with Gasteiger partial charge in [0.2, 0.25) is 5.78 Å². The van der Waals surface area contributed by atoms with Crippen molar-refractivity contribution in [2.45, 2.75) is 33.2 Å². The van der Waals surface area contributed by atoms with Crippen molar-refractivity contribution in [2.24, 2.45) is 0 Å². The molecule has 36 heavy (non-hydrogen) atoms. The number of amides is 1. The van der Waals surface area contributed by atoms with Gasteiger partial charge in [0.15, 0.2) is 5.76 Å². The number of aryl methyl sites for hydroxylation is 1. The summed E-state index contributed by atoms with van der Waals surface area (Å²) in [5.41, 5.74) is 2.25. The van der Waals surface area contributed by atoms with Crippen LogP contribution in [0.2, 0.25) is 5.02 Å². The Morgan fingerprint density at radius 1 is 1.14 bits per heavy atom. The summed E-state index contributed by atoms with van der Waals surface area (Å²) in [4.78, 5) is 36.0. The Hall–Kier alpha value is -3.00.